The molecule has 0 aliphatic heterocycles. The van der Waals surface area contributed by atoms with E-state index in [9.17, 15) is 14.4 Å². The average molecular weight is 439 g/mol. The Hall–Kier alpha value is -2.18. The molecule has 0 unspecified atom stereocenters. The van der Waals surface area contributed by atoms with Crippen LogP contribution < -0.4 is 5.32 Å². The van der Waals surface area contributed by atoms with Gasteiger partial charge in [0.15, 0.2) is 12.4 Å². The van der Waals surface area contributed by atoms with Crippen molar-refractivity contribution in [3.8, 4) is 0 Å². The lowest BCUT2D eigenvalue weighted by molar-refractivity contribution is -0.118. The van der Waals surface area contributed by atoms with E-state index in [1.54, 1.807) is 30.3 Å². The number of ether oxygens (including phenoxy) is 1. The molecule has 0 atom stereocenters. The number of ketones is 1. The Labute approximate surface area is 164 Å². The Morgan fingerprint density at radius 3 is 2.46 bits per heavy atom. The molecule has 2 aromatic rings. The number of rotatable bonds is 7. The summed E-state index contributed by atoms with van der Waals surface area (Å²) in [5.74, 6) is -1.04. The van der Waals surface area contributed by atoms with Gasteiger partial charge in [-0.1, -0.05) is 51.8 Å². The average Bonchev–Trinajstić information content (AvgIpc) is 2.61. The van der Waals surface area contributed by atoms with Crippen LogP contribution in [0.15, 0.2) is 46.9 Å². The van der Waals surface area contributed by atoms with E-state index in [0.717, 1.165) is 5.56 Å². The monoisotopic (exact) mass is 437 g/mol. The predicted octanol–water partition coefficient (Wildman–Crippen LogP) is 3.82. The molecule has 0 radical (unpaired) electrons. The van der Waals surface area contributed by atoms with Crippen LogP contribution in [0.25, 0.3) is 0 Å². The minimum Gasteiger partial charge on any atom is -0.454 e. The molecule has 5 nitrogen and oxygen atoms in total. The summed E-state index contributed by atoms with van der Waals surface area (Å²) >= 11 is 9.23. The van der Waals surface area contributed by atoms with E-state index >= 15 is 0 Å². The molecule has 0 aromatic heterocycles. The number of amides is 1. The number of benzene rings is 2. The van der Waals surface area contributed by atoms with Crippen LogP contribution in [0, 0.1) is 0 Å². The molecule has 0 heterocycles. The van der Waals surface area contributed by atoms with Crippen LogP contribution in [0.1, 0.15) is 33.2 Å². The molecular weight excluding hydrogens is 422 g/mol. The Bertz CT molecular complexity index is 821. The first kappa shape index (κ1) is 20.1. The Kier molecular flexibility index (Phi) is 7.36. The molecule has 0 aliphatic rings. The van der Waals surface area contributed by atoms with Gasteiger partial charge in [-0.25, -0.2) is 4.79 Å². The first-order valence-electron chi connectivity index (χ1n) is 7.85. The van der Waals surface area contributed by atoms with E-state index in [-0.39, 0.29) is 28.9 Å². The second-order valence-electron chi connectivity index (χ2n) is 5.55. The number of Topliss-reactive ketones (excluding diaryl/α,β-unsaturated/α-hetero) is 1. The molecule has 1 amide bonds. The standard InChI is InChI=1S/C19H17BrClNO4/c1-12(23)22-9-8-13-2-4-14(5-3-13)18(24)11-26-19(25)16-10-15(20)6-7-17(16)21/h2-7,10H,8-9,11H2,1H3,(H,22,23). The number of hydrogen-bond acceptors (Lipinski definition) is 4. The molecule has 2 rings (SSSR count). The van der Waals surface area contributed by atoms with E-state index in [0.29, 0.717) is 23.0 Å². The maximum Gasteiger partial charge on any atom is 0.340 e. The van der Waals surface area contributed by atoms with Crippen molar-refractivity contribution in [2.45, 2.75) is 13.3 Å². The molecule has 1 N–H and O–H groups in total. The highest BCUT2D eigenvalue weighted by atomic mass is 79.9. The lowest BCUT2D eigenvalue weighted by Gasteiger charge is -2.07. The van der Waals surface area contributed by atoms with Gasteiger partial charge >= 0.3 is 5.97 Å². The van der Waals surface area contributed by atoms with Crippen molar-refractivity contribution >= 4 is 45.2 Å². The van der Waals surface area contributed by atoms with Gasteiger partial charge in [0, 0.05) is 23.5 Å². The van der Waals surface area contributed by atoms with Crippen LogP contribution in [0.5, 0.6) is 0 Å². The van der Waals surface area contributed by atoms with Crippen molar-refractivity contribution in [2.75, 3.05) is 13.2 Å². The number of carbonyl (C=O) groups is 3. The highest BCUT2D eigenvalue weighted by molar-refractivity contribution is 9.10. The predicted molar refractivity (Wildman–Crippen MR) is 103 cm³/mol. The largest absolute Gasteiger partial charge is 0.454 e. The quantitative estimate of drug-likeness (QED) is 0.527. The third kappa shape index (κ3) is 5.97. The lowest BCUT2D eigenvalue weighted by Crippen LogP contribution is -2.22. The van der Waals surface area contributed by atoms with Gasteiger partial charge in [-0.05, 0) is 30.2 Å². The van der Waals surface area contributed by atoms with Gasteiger partial charge < -0.3 is 10.1 Å². The van der Waals surface area contributed by atoms with E-state index in [2.05, 4.69) is 21.2 Å². The third-order valence-corrected chi connectivity index (χ3v) is 4.37. The van der Waals surface area contributed by atoms with E-state index in [1.165, 1.54) is 6.92 Å². The highest BCUT2D eigenvalue weighted by Crippen LogP contribution is 2.21. The van der Waals surface area contributed by atoms with Crippen molar-refractivity contribution in [3.05, 3.63) is 68.7 Å². The number of halogens is 2. The van der Waals surface area contributed by atoms with Gasteiger partial charge in [0.2, 0.25) is 5.91 Å². The van der Waals surface area contributed by atoms with Crippen LogP contribution in [0.3, 0.4) is 0 Å². The number of esters is 1. The molecule has 0 fully saturated rings. The van der Waals surface area contributed by atoms with Gasteiger partial charge in [-0.2, -0.15) is 0 Å². The maximum atomic E-state index is 12.2. The molecule has 0 bridgehead atoms. The van der Waals surface area contributed by atoms with Gasteiger partial charge in [0.25, 0.3) is 0 Å². The maximum absolute atomic E-state index is 12.2. The van der Waals surface area contributed by atoms with Crippen LogP contribution in [0.4, 0.5) is 0 Å². The van der Waals surface area contributed by atoms with Gasteiger partial charge in [0.1, 0.15) is 0 Å². The SMILES string of the molecule is CC(=O)NCCc1ccc(C(=O)COC(=O)c2cc(Br)ccc2Cl)cc1. The van der Waals surface area contributed by atoms with Gasteiger partial charge in [-0.15, -0.1) is 0 Å². The fourth-order valence-corrected chi connectivity index (χ4v) is 2.74. The molecule has 2 aromatic carbocycles. The van der Waals surface area contributed by atoms with Crippen molar-refractivity contribution in [1.29, 1.82) is 0 Å². The van der Waals surface area contributed by atoms with E-state index in [1.807, 2.05) is 12.1 Å². The second-order valence-corrected chi connectivity index (χ2v) is 6.88. The fourth-order valence-electron chi connectivity index (χ4n) is 2.19. The fraction of sp³-hybridized carbons (Fsp3) is 0.211. The topological polar surface area (TPSA) is 72.5 Å². The molecule has 7 heteroatoms. The molecule has 0 saturated carbocycles. The Morgan fingerprint density at radius 2 is 1.81 bits per heavy atom. The zero-order valence-corrected chi connectivity index (χ0v) is 16.4. The Balaban J connectivity index is 1.90. The minimum atomic E-state index is -0.656. The summed E-state index contributed by atoms with van der Waals surface area (Å²) < 4.78 is 5.75. The summed E-state index contributed by atoms with van der Waals surface area (Å²) in [5, 5.41) is 2.97. The normalized spacial score (nSPS) is 10.3. The second kappa shape index (κ2) is 9.50. The minimum absolute atomic E-state index is 0.0795. The van der Waals surface area contributed by atoms with Crippen LogP contribution in [-0.4, -0.2) is 30.8 Å². The summed E-state index contributed by atoms with van der Waals surface area (Å²) in [6, 6.07) is 11.8. The number of carbonyl (C=O) groups excluding carboxylic acids is 3. The van der Waals surface area contributed by atoms with Crippen LogP contribution in [-0.2, 0) is 16.0 Å². The lowest BCUT2D eigenvalue weighted by atomic mass is 10.1. The van der Waals surface area contributed by atoms with E-state index < -0.39 is 5.97 Å². The smallest absolute Gasteiger partial charge is 0.340 e. The molecule has 0 aliphatic carbocycles. The van der Waals surface area contributed by atoms with Crippen molar-refractivity contribution < 1.29 is 19.1 Å². The number of hydrogen-bond donors (Lipinski definition) is 1. The first-order chi connectivity index (χ1) is 12.4. The molecule has 136 valence electrons. The van der Waals surface area contributed by atoms with Crippen molar-refractivity contribution in [3.63, 3.8) is 0 Å². The molecule has 0 saturated heterocycles. The summed E-state index contributed by atoms with van der Waals surface area (Å²) in [5.41, 5.74) is 1.64. The van der Waals surface area contributed by atoms with Crippen molar-refractivity contribution in [1.82, 2.24) is 5.32 Å². The van der Waals surface area contributed by atoms with Gasteiger partial charge in [-0.3, -0.25) is 9.59 Å². The van der Waals surface area contributed by atoms with E-state index in [4.69, 9.17) is 16.3 Å². The summed E-state index contributed by atoms with van der Waals surface area (Å²) in [7, 11) is 0. The zero-order chi connectivity index (χ0) is 19.1. The molecule has 0 spiro atoms. The first-order valence-corrected chi connectivity index (χ1v) is 9.02. The van der Waals surface area contributed by atoms with Crippen molar-refractivity contribution in [2.24, 2.45) is 0 Å². The molecular formula is C19H17BrClNO4. The summed E-state index contributed by atoms with van der Waals surface area (Å²) in [6.45, 7) is 1.63. The third-order valence-electron chi connectivity index (χ3n) is 3.55. The molecule has 26 heavy (non-hydrogen) atoms. The summed E-state index contributed by atoms with van der Waals surface area (Å²) in [6.07, 6.45) is 0.671. The van der Waals surface area contributed by atoms with Crippen LogP contribution >= 0.6 is 27.5 Å². The van der Waals surface area contributed by atoms with Gasteiger partial charge in [0.05, 0.1) is 10.6 Å². The summed E-state index contributed by atoms with van der Waals surface area (Å²) in [4.78, 5) is 35.1. The number of nitrogens with one attached hydrogen (secondary N) is 1. The zero-order valence-electron chi connectivity index (χ0n) is 14.1. The Morgan fingerprint density at radius 1 is 1.12 bits per heavy atom. The highest BCUT2D eigenvalue weighted by Gasteiger charge is 2.15. The van der Waals surface area contributed by atoms with Crippen LogP contribution in [0.2, 0.25) is 5.02 Å².